The van der Waals surface area contributed by atoms with E-state index in [1.807, 2.05) is 17.1 Å². The van der Waals surface area contributed by atoms with Gasteiger partial charge in [0.1, 0.15) is 0 Å². The lowest BCUT2D eigenvalue weighted by molar-refractivity contribution is 0.00578. The fourth-order valence-corrected chi connectivity index (χ4v) is 2.25. The SMILES string of the molecule is [CH2]C1(Cn2cc(B3OC(C)(C)C(C)(C)O3)cn2)CC1. The Balaban J connectivity index is 1.74. The van der Waals surface area contributed by atoms with Crippen molar-refractivity contribution in [3.8, 4) is 0 Å². The summed E-state index contributed by atoms with van der Waals surface area (Å²) in [7, 11) is -0.321. The molecule has 5 heteroatoms. The van der Waals surface area contributed by atoms with Gasteiger partial charge in [0.15, 0.2) is 0 Å². The third kappa shape index (κ3) is 2.34. The first-order valence-electron chi connectivity index (χ1n) is 6.94. The molecule has 0 amide bonds. The summed E-state index contributed by atoms with van der Waals surface area (Å²) in [5, 5.41) is 4.40. The van der Waals surface area contributed by atoms with Crippen LogP contribution in [0.5, 0.6) is 0 Å². The Kier molecular flexibility index (Phi) is 2.68. The molecule has 4 nitrogen and oxygen atoms in total. The highest BCUT2D eigenvalue weighted by Gasteiger charge is 2.52. The number of aromatic nitrogens is 2. The van der Waals surface area contributed by atoms with Gasteiger partial charge in [0, 0.05) is 24.4 Å². The zero-order valence-electron chi connectivity index (χ0n) is 12.3. The molecule has 1 radical (unpaired) electrons. The van der Waals surface area contributed by atoms with Crippen molar-refractivity contribution in [3.63, 3.8) is 0 Å². The molecule has 2 aliphatic rings. The fourth-order valence-electron chi connectivity index (χ4n) is 2.25. The van der Waals surface area contributed by atoms with Crippen LogP contribution >= 0.6 is 0 Å². The van der Waals surface area contributed by atoms with Gasteiger partial charge in [-0.25, -0.2) is 0 Å². The first-order chi connectivity index (χ1) is 8.71. The maximum Gasteiger partial charge on any atom is 0.498 e. The molecule has 1 saturated carbocycles. The van der Waals surface area contributed by atoms with Gasteiger partial charge >= 0.3 is 7.12 Å². The van der Waals surface area contributed by atoms with Crippen LogP contribution in [0.1, 0.15) is 40.5 Å². The van der Waals surface area contributed by atoms with Gasteiger partial charge in [-0.1, -0.05) is 0 Å². The van der Waals surface area contributed by atoms with E-state index in [0.29, 0.717) is 0 Å². The Morgan fingerprint density at radius 3 is 2.37 bits per heavy atom. The molecule has 0 N–H and O–H groups in total. The fraction of sp³-hybridized carbons (Fsp3) is 0.714. The van der Waals surface area contributed by atoms with Gasteiger partial charge in [-0.15, -0.1) is 0 Å². The molecule has 0 aromatic carbocycles. The summed E-state index contributed by atoms with van der Waals surface area (Å²) in [6.07, 6.45) is 6.25. The molecule has 2 heterocycles. The molecule has 1 aromatic heterocycles. The van der Waals surface area contributed by atoms with Crippen LogP contribution in [0.15, 0.2) is 12.4 Å². The molecule has 0 spiro atoms. The lowest BCUT2D eigenvalue weighted by Gasteiger charge is -2.32. The van der Waals surface area contributed by atoms with E-state index in [1.165, 1.54) is 12.8 Å². The van der Waals surface area contributed by atoms with Gasteiger partial charge in [-0.05, 0) is 52.9 Å². The predicted molar refractivity (Wildman–Crippen MR) is 75.0 cm³/mol. The second-order valence-corrected chi connectivity index (χ2v) is 7.06. The minimum absolute atomic E-state index is 0.208. The van der Waals surface area contributed by atoms with E-state index in [4.69, 9.17) is 9.31 Å². The van der Waals surface area contributed by atoms with E-state index in [1.54, 1.807) is 0 Å². The van der Waals surface area contributed by atoms with Gasteiger partial charge in [-0.2, -0.15) is 5.10 Å². The van der Waals surface area contributed by atoms with Crippen molar-refractivity contribution >= 4 is 12.6 Å². The third-order valence-electron chi connectivity index (χ3n) is 4.63. The average Bonchev–Trinajstić information content (AvgIpc) is 2.74. The van der Waals surface area contributed by atoms with Crippen molar-refractivity contribution in [2.75, 3.05) is 0 Å². The van der Waals surface area contributed by atoms with E-state index in [-0.39, 0.29) is 23.7 Å². The van der Waals surface area contributed by atoms with Crippen molar-refractivity contribution in [1.29, 1.82) is 0 Å². The van der Waals surface area contributed by atoms with Crippen LogP contribution in [0, 0.1) is 12.3 Å². The van der Waals surface area contributed by atoms with Crippen molar-refractivity contribution in [2.24, 2.45) is 5.41 Å². The maximum absolute atomic E-state index is 6.02. The van der Waals surface area contributed by atoms with Crippen LogP contribution in [-0.2, 0) is 15.9 Å². The van der Waals surface area contributed by atoms with Crippen molar-refractivity contribution in [2.45, 2.75) is 58.3 Å². The normalized spacial score (nSPS) is 26.7. The van der Waals surface area contributed by atoms with Crippen LogP contribution in [0.25, 0.3) is 0 Å². The van der Waals surface area contributed by atoms with Gasteiger partial charge in [0.25, 0.3) is 0 Å². The highest BCUT2D eigenvalue weighted by Crippen LogP contribution is 2.45. The first kappa shape index (κ1) is 13.2. The monoisotopic (exact) mass is 261 g/mol. The van der Waals surface area contributed by atoms with Crippen molar-refractivity contribution in [1.82, 2.24) is 9.78 Å². The lowest BCUT2D eigenvalue weighted by Crippen LogP contribution is -2.41. The van der Waals surface area contributed by atoms with Gasteiger partial charge in [-0.3, -0.25) is 4.68 Å². The van der Waals surface area contributed by atoms with E-state index >= 15 is 0 Å². The lowest BCUT2D eigenvalue weighted by atomic mass is 9.82. The van der Waals surface area contributed by atoms with Gasteiger partial charge in [0.05, 0.1) is 11.2 Å². The Labute approximate surface area is 115 Å². The molecule has 1 aliphatic heterocycles. The summed E-state index contributed by atoms with van der Waals surface area (Å²) in [4.78, 5) is 0. The molecule has 19 heavy (non-hydrogen) atoms. The van der Waals surface area contributed by atoms with E-state index in [2.05, 4.69) is 39.7 Å². The minimum atomic E-state index is -0.321. The number of hydrogen-bond donors (Lipinski definition) is 0. The van der Waals surface area contributed by atoms with Crippen LogP contribution < -0.4 is 5.46 Å². The van der Waals surface area contributed by atoms with E-state index in [9.17, 15) is 0 Å². The Morgan fingerprint density at radius 2 is 1.84 bits per heavy atom. The third-order valence-corrected chi connectivity index (χ3v) is 4.63. The maximum atomic E-state index is 6.02. The number of rotatable bonds is 3. The van der Waals surface area contributed by atoms with Crippen molar-refractivity contribution < 1.29 is 9.31 Å². The van der Waals surface area contributed by atoms with E-state index in [0.717, 1.165) is 12.0 Å². The molecule has 1 aliphatic carbocycles. The minimum Gasteiger partial charge on any atom is -0.399 e. The number of hydrogen-bond acceptors (Lipinski definition) is 3. The molecule has 3 rings (SSSR count). The molecule has 103 valence electrons. The summed E-state index contributed by atoms with van der Waals surface area (Å²) in [6.45, 7) is 13.3. The quantitative estimate of drug-likeness (QED) is 0.778. The van der Waals surface area contributed by atoms with Crippen LogP contribution in [-0.4, -0.2) is 28.1 Å². The molecular weight excluding hydrogens is 239 g/mol. The average molecular weight is 261 g/mol. The summed E-state index contributed by atoms with van der Waals surface area (Å²) in [5.41, 5.74) is 0.593. The molecule has 2 fully saturated rings. The smallest absolute Gasteiger partial charge is 0.399 e. The van der Waals surface area contributed by atoms with Crippen LogP contribution in [0.3, 0.4) is 0 Å². The first-order valence-corrected chi connectivity index (χ1v) is 6.94. The Morgan fingerprint density at radius 1 is 1.26 bits per heavy atom. The highest BCUT2D eigenvalue weighted by atomic mass is 16.7. The summed E-state index contributed by atoms with van der Waals surface area (Å²) in [5.74, 6) is 0. The second-order valence-electron chi connectivity index (χ2n) is 7.06. The van der Waals surface area contributed by atoms with Gasteiger partial charge in [0.2, 0.25) is 0 Å². The largest absolute Gasteiger partial charge is 0.498 e. The molecule has 1 aromatic rings. The van der Waals surface area contributed by atoms with Crippen LogP contribution in [0.4, 0.5) is 0 Å². The molecule has 1 saturated heterocycles. The van der Waals surface area contributed by atoms with E-state index < -0.39 is 0 Å². The number of nitrogens with zero attached hydrogens (tertiary/aromatic N) is 2. The summed E-state index contributed by atoms with van der Waals surface area (Å²) < 4.78 is 14.0. The molecular formula is C14H22BN2O2. The van der Waals surface area contributed by atoms with Crippen LogP contribution in [0.2, 0.25) is 0 Å². The Hall–Kier alpha value is -0.805. The molecule has 0 unspecified atom stereocenters. The van der Waals surface area contributed by atoms with Crippen molar-refractivity contribution in [3.05, 3.63) is 19.3 Å². The van der Waals surface area contributed by atoms with Gasteiger partial charge < -0.3 is 9.31 Å². The summed E-state index contributed by atoms with van der Waals surface area (Å²) >= 11 is 0. The molecule has 0 atom stereocenters. The predicted octanol–water partition coefficient (Wildman–Crippen LogP) is 1.80. The topological polar surface area (TPSA) is 36.3 Å². The highest BCUT2D eigenvalue weighted by molar-refractivity contribution is 6.61. The summed E-state index contributed by atoms with van der Waals surface area (Å²) in [6, 6.07) is 0. The zero-order chi connectivity index (χ0) is 13.9. The standard InChI is InChI=1S/C14H22BN2O2/c1-12(2)13(3,4)19-15(18-12)11-8-16-17(9-11)10-14(5)6-7-14/h8-9H,5-7,10H2,1-4H3. The molecule has 0 bridgehead atoms. The zero-order valence-corrected chi connectivity index (χ0v) is 12.3. The second kappa shape index (κ2) is 3.86. The Bertz CT molecular complexity index is 475.